The molecule has 2 rings (SSSR count). The van der Waals surface area contributed by atoms with Gasteiger partial charge in [0.25, 0.3) is 5.69 Å². The Morgan fingerprint density at radius 2 is 2.08 bits per heavy atom. The summed E-state index contributed by atoms with van der Waals surface area (Å²) in [5, 5.41) is 20.8. The fraction of sp³-hybridized carbons (Fsp3) is 0.188. The van der Waals surface area contributed by atoms with Crippen LogP contribution in [0.1, 0.15) is 28.5 Å². The van der Waals surface area contributed by atoms with E-state index in [1.807, 2.05) is 0 Å². The molecule has 0 saturated heterocycles. The first-order valence-corrected chi connectivity index (χ1v) is 6.82. The summed E-state index contributed by atoms with van der Waals surface area (Å²) in [5.41, 5.74) is 5.33. The lowest BCUT2D eigenvalue weighted by atomic mass is 10.0. The number of carboxylic acids is 1. The van der Waals surface area contributed by atoms with Gasteiger partial charge in [-0.3, -0.25) is 14.9 Å². The second-order valence-corrected chi connectivity index (χ2v) is 5.05. The zero-order valence-electron chi connectivity index (χ0n) is 12.9. The summed E-state index contributed by atoms with van der Waals surface area (Å²) in [6.45, 7) is 2.78. The molecule has 0 saturated carbocycles. The van der Waals surface area contributed by atoms with Gasteiger partial charge in [-0.15, -0.1) is 0 Å². The van der Waals surface area contributed by atoms with Crippen LogP contribution in [0.25, 0.3) is 10.9 Å². The molecule has 24 heavy (non-hydrogen) atoms. The average molecular weight is 327 g/mol. The van der Waals surface area contributed by atoms with E-state index < -0.39 is 16.9 Å². The van der Waals surface area contributed by atoms with Gasteiger partial charge in [-0.2, -0.15) is 0 Å². The molecule has 8 heteroatoms. The van der Waals surface area contributed by atoms with E-state index in [0.717, 1.165) is 0 Å². The molecule has 0 spiro atoms. The Morgan fingerprint density at radius 3 is 2.62 bits per heavy atom. The fourth-order valence-corrected chi connectivity index (χ4v) is 2.13. The van der Waals surface area contributed by atoms with Gasteiger partial charge in [0, 0.05) is 17.0 Å². The predicted octanol–water partition coefficient (Wildman–Crippen LogP) is 1.42. The minimum atomic E-state index is -1.33. The Hall–Kier alpha value is -3.31. The molecular formula is C16H13N3O5. The number of carbonyl (C=O) groups excluding carboxylic acids is 1. The Labute approximate surface area is 136 Å². The van der Waals surface area contributed by atoms with E-state index in [-0.39, 0.29) is 33.8 Å². The minimum Gasteiger partial charge on any atom is -0.477 e. The molecule has 1 aromatic carbocycles. The second-order valence-electron chi connectivity index (χ2n) is 5.05. The smallest absolute Gasteiger partial charge is 0.354 e. The number of nitrogens with zero attached hydrogens (tertiary/aromatic N) is 2. The number of ketones is 1. The topological polar surface area (TPSA) is 136 Å². The quantitative estimate of drug-likeness (QED) is 0.494. The molecule has 8 nitrogen and oxygen atoms in total. The van der Waals surface area contributed by atoms with E-state index in [1.54, 1.807) is 6.07 Å². The van der Waals surface area contributed by atoms with E-state index in [4.69, 9.17) is 5.73 Å². The van der Waals surface area contributed by atoms with Crippen LogP contribution in [0.4, 0.5) is 5.69 Å². The van der Waals surface area contributed by atoms with Crippen molar-refractivity contribution in [3.8, 4) is 11.8 Å². The third-order valence-corrected chi connectivity index (χ3v) is 3.43. The van der Waals surface area contributed by atoms with Gasteiger partial charge >= 0.3 is 5.97 Å². The highest BCUT2D eigenvalue weighted by molar-refractivity contribution is 5.98. The third kappa shape index (κ3) is 3.06. The molecule has 0 aliphatic heterocycles. The summed E-state index contributed by atoms with van der Waals surface area (Å²) in [6, 6.07) is 3.21. The Morgan fingerprint density at radius 1 is 1.42 bits per heavy atom. The number of non-ortho nitro benzene ring substituents is 1. The molecule has 0 aliphatic rings. The zero-order chi connectivity index (χ0) is 18.0. The Kier molecular flexibility index (Phi) is 4.57. The number of aromatic carboxylic acids is 1. The number of fused-ring (bicyclic) bond motifs is 1. The first-order chi connectivity index (χ1) is 11.2. The van der Waals surface area contributed by atoms with Crippen molar-refractivity contribution < 1.29 is 19.6 Å². The highest BCUT2D eigenvalue weighted by atomic mass is 16.6. The maximum Gasteiger partial charge on any atom is 0.354 e. The van der Waals surface area contributed by atoms with Crippen molar-refractivity contribution in [2.75, 3.05) is 0 Å². The van der Waals surface area contributed by atoms with Crippen LogP contribution in [0.15, 0.2) is 18.2 Å². The number of benzene rings is 1. The molecule has 3 N–H and O–H groups in total. The molecule has 1 unspecified atom stereocenters. The summed E-state index contributed by atoms with van der Waals surface area (Å²) in [5.74, 6) is 3.54. The van der Waals surface area contributed by atoms with Crippen LogP contribution in [0.2, 0.25) is 0 Å². The van der Waals surface area contributed by atoms with Crippen molar-refractivity contribution in [2.24, 2.45) is 5.73 Å². The number of rotatable bonds is 3. The van der Waals surface area contributed by atoms with Crippen LogP contribution in [-0.4, -0.2) is 32.8 Å². The normalized spacial score (nSPS) is 11.5. The van der Waals surface area contributed by atoms with Crippen LogP contribution in [-0.2, 0) is 4.79 Å². The molecule has 0 amide bonds. The number of nitrogens with two attached hydrogens (primary N) is 1. The number of hydrogen-bond donors (Lipinski definition) is 2. The van der Waals surface area contributed by atoms with E-state index in [1.165, 1.54) is 26.0 Å². The van der Waals surface area contributed by atoms with Crippen molar-refractivity contribution in [1.29, 1.82) is 0 Å². The standard InChI is InChI=1S/C16H13N3O5/c1-8-10(6-7-12(17)9(2)20)11-4-3-5-13(19(23)24)15(11)18-14(8)16(21)22/h3-5,12H,17H2,1-2H3,(H,21,22). The Balaban J connectivity index is 2.88. The maximum absolute atomic E-state index is 11.4. The number of hydrogen-bond acceptors (Lipinski definition) is 6. The molecule has 0 bridgehead atoms. The zero-order valence-corrected chi connectivity index (χ0v) is 12.9. The highest BCUT2D eigenvalue weighted by Gasteiger charge is 2.21. The van der Waals surface area contributed by atoms with Gasteiger partial charge in [-0.1, -0.05) is 24.0 Å². The molecule has 0 fully saturated rings. The molecule has 1 heterocycles. The van der Waals surface area contributed by atoms with Gasteiger partial charge in [-0.25, -0.2) is 9.78 Å². The van der Waals surface area contributed by atoms with Crippen molar-refractivity contribution in [3.63, 3.8) is 0 Å². The summed E-state index contributed by atoms with van der Waals surface area (Å²) >= 11 is 0. The van der Waals surface area contributed by atoms with Crippen molar-refractivity contribution in [2.45, 2.75) is 19.9 Å². The van der Waals surface area contributed by atoms with Crippen LogP contribution >= 0.6 is 0 Å². The molecule has 2 aromatic rings. The van der Waals surface area contributed by atoms with Crippen molar-refractivity contribution in [1.82, 2.24) is 4.98 Å². The van der Waals surface area contributed by atoms with Crippen LogP contribution in [0, 0.1) is 28.9 Å². The van der Waals surface area contributed by atoms with Gasteiger partial charge in [0.05, 0.1) is 4.92 Å². The number of nitro benzene ring substituents is 1. The van der Waals surface area contributed by atoms with E-state index in [0.29, 0.717) is 5.39 Å². The van der Waals surface area contributed by atoms with Gasteiger partial charge < -0.3 is 10.8 Å². The lowest BCUT2D eigenvalue weighted by Gasteiger charge is -2.08. The van der Waals surface area contributed by atoms with E-state index >= 15 is 0 Å². The maximum atomic E-state index is 11.4. The summed E-state index contributed by atoms with van der Waals surface area (Å²) in [6.07, 6.45) is 0. The lowest BCUT2D eigenvalue weighted by Crippen LogP contribution is -2.26. The SMILES string of the molecule is CC(=O)C(N)C#Cc1c(C)c(C(=O)O)nc2c([N+](=O)[O-])cccc12. The number of carbonyl (C=O) groups is 2. The summed E-state index contributed by atoms with van der Waals surface area (Å²) in [7, 11) is 0. The fourth-order valence-electron chi connectivity index (χ4n) is 2.13. The average Bonchev–Trinajstić information content (AvgIpc) is 2.51. The number of carboxylic acid groups (broad SMARTS) is 1. The lowest BCUT2D eigenvalue weighted by molar-refractivity contribution is -0.383. The molecule has 1 atom stereocenters. The number of Topliss-reactive ketones (excluding diaryl/α,β-unsaturated/α-hetero) is 1. The number of nitro groups is 1. The third-order valence-electron chi connectivity index (χ3n) is 3.43. The largest absolute Gasteiger partial charge is 0.477 e. The van der Waals surface area contributed by atoms with Gasteiger partial charge in [-0.05, 0) is 19.4 Å². The predicted molar refractivity (Wildman–Crippen MR) is 85.6 cm³/mol. The van der Waals surface area contributed by atoms with Crippen LogP contribution in [0.3, 0.4) is 0 Å². The number of para-hydroxylation sites is 1. The molecule has 1 aromatic heterocycles. The first-order valence-electron chi connectivity index (χ1n) is 6.82. The molecule has 122 valence electrons. The molecular weight excluding hydrogens is 314 g/mol. The first kappa shape index (κ1) is 17.1. The molecule has 0 aliphatic carbocycles. The van der Waals surface area contributed by atoms with E-state index in [9.17, 15) is 24.8 Å². The van der Waals surface area contributed by atoms with Gasteiger partial charge in [0.2, 0.25) is 0 Å². The number of pyridine rings is 1. The van der Waals surface area contributed by atoms with Crippen molar-refractivity contribution in [3.05, 3.63) is 45.1 Å². The van der Waals surface area contributed by atoms with Crippen LogP contribution in [0.5, 0.6) is 0 Å². The second kappa shape index (κ2) is 6.44. The summed E-state index contributed by atoms with van der Waals surface area (Å²) in [4.78, 5) is 37.0. The molecule has 0 radical (unpaired) electrons. The monoisotopic (exact) mass is 327 g/mol. The summed E-state index contributed by atoms with van der Waals surface area (Å²) < 4.78 is 0. The Bertz CT molecular complexity index is 940. The van der Waals surface area contributed by atoms with E-state index in [2.05, 4.69) is 16.8 Å². The number of aromatic nitrogens is 1. The van der Waals surface area contributed by atoms with Crippen molar-refractivity contribution >= 4 is 28.3 Å². The van der Waals surface area contributed by atoms with Gasteiger partial charge in [0.1, 0.15) is 11.6 Å². The van der Waals surface area contributed by atoms with Gasteiger partial charge in [0.15, 0.2) is 11.5 Å². The minimum absolute atomic E-state index is 0.0776. The van der Waals surface area contributed by atoms with Crippen LogP contribution < -0.4 is 5.73 Å². The highest BCUT2D eigenvalue weighted by Crippen LogP contribution is 2.29.